The second-order valence-corrected chi connectivity index (χ2v) is 7.48. The van der Waals surface area contributed by atoms with Crippen LogP contribution in [0.25, 0.3) is 0 Å². The summed E-state index contributed by atoms with van der Waals surface area (Å²) in [5, 5.41) is 4.13. The van der Waals surface area contributed by atoms with Gasteiger partial charge in [-0.2, -0.15) is 0 Å². The lowest BCUT2D eigenvalue weighted by Crippen LogP contribution is -2.30. The van der Waals surface area contributed by atoms with Crippen LogP contribution in [-0.2, 0) is 17.6 Å². The molecule has 0 spiro atoms. The molecule has 1 aliphatic carbocycles. The first-order valence-corrected chi connectivity index (χ1v) is 9.12. The van der Waals surface area contributed by atoms with Gasteiger partial charge in [0.15, 0.2) is 0 Å². The quantitative estimate of drug-likeness (QED) is 0.883. The van der Waals surface area contributed by atoms with Crippen molar-refractivity contribution in [1.29, 1.82) is 0 Å². The average Bonchev–Trinajstić information content (AvgIpc) is 2.90. The van der Waals surface area contributed by atoms with Crippen LogP contribution in [0.3, 0.4) is 0 Å². The Morgan fingerprint density at radius 2 is 1.91 bits per heavy atom. The molecule has 0 aliphatic heterocycles. The summed E-state index contributed by atoms with van der Waals surface area (Å²) >= 11 is 1.74. The highest BCUT2D eigenvalue weighted by atomic mass is 32.1. The topological polar surface area (TPSA) is 55.1 Å². The van der Waals surface area contributed by atoms with Gasteiger partial charge in [-0.15, -0.1) is 11.3 Å². The van der Waals surface area contributed by atoms with Crippen molar-refractivity contribution in [2.24, 2.45) is 11.7 Å². The standard InChI is InChI=1S/C19H24N2OS/c1-12-15-10-6-7-11-16(15)23-19(12)21-18(22)13(2)17(20)14-8-4-3-5-9-14/h3-5,8-9,13,17H,6-7,10-11,20H2,1-2H3,(H,21,22). The normalized spacial score (nSPS) is 16.5. The Hall–Kier alpha value is -1.65. The number of rotatable bonds is 4. The van der Waals surface area contributed by atoms with E-state index in [0.717, 1.165) is 23.4 Å². The van der Waals surface area contributed by atoms with Gasteiger partial charge in [-0.25, -0.2) is 0 Å². The van der Waals surface area contributed by atoms with E-state index in [1.54, 1.807) is 11.3 Å². The smallest absolute Gasteiger partial charge is 0.229 e. The van der Waals surface area contributed by atoms with Crippen LogP contribution in [0.5, 0.6) is 0 Å². The number of nitrogens with one attached hydrogen (secondary N) is 1. The number of benzene rings is 1. The summed E-state index contributed by atoms with van der Waals surface area (Å²) in [6.07, 6.45) is 4.81. The van der Waals surface area contributed by atoms with Crippen LogP contribution in [0, 0.1) is 12.8 Å². The number of aryl methyl sites for hydroxylation is 1. The van der Waals surface area contributed by atoms with E-state index in [1.807, 2.05) is 37.3 Å². The lowest BCUT2D eigenvalue weighted by Gasteiger charge is -2.19. The predicted octanol–water partition coefficient (Wildman–Crippen LogP) is 4.21. The summed E-state index contributed by atoms with van der Waals surface area (Å²) in [6.45, 7) is 4.02. The number of nitrogens with two attached hydrogens (primary N) is 1. The summed E-state index contributed by atoms with van der Waals surface area (Å²) in [4.78, 5) is 14.1. The van der Waals surface area contributed by atoms with Gasteiger partial charge in [0.05, 0.1) is 10.9 Å². The first-order valence-electron chi connectivity index (χ1n) is 8.30. The molecule has 1 heterocycles. The zero-order chi connectivity index (χ0) is 16.4. The highest BCUT2D eigenvalue weighted by molar-refractivity contribution is 7.16. The van der Waals surface area contributed by atoms with Crippen molar-refractivity contribution < 1.29 is 4.79 Å². The fourth-order valence-electron chi connectivity index (χ4n) is 3.20. The molecule has 1 amide bonds. The molecule has 2 unspecified atom stereocenters. The summed E-state index contributed by atoms with van der Waals surface area (Å²) < 4.78 is 0. The molecule has 0 saturated heterocycles. The minimum Gasteiger partial charge on any atom is -0.323 e. The molecule has 1 aliphatic rings. The maximum absolute atomic E-state index is 12.6. The fourth-order valence-corrected chi connectivity index (χ4v) is 4.49. The molecule has 1 aromatic heterocycles. The minimum atomic E-state index is -0.286. The van der Waals surface area contributed by atoms with Crippen LogP contribution in [0.4, 0.5) is 5.00 Å². The molecule has 4 heteroatoms. The molecule has 0 saturated carbocycles. The van der Waals surface area contributed by atoms with Gasteiger partial charge < -0.3 is 11.1 Å². The average molecular weight is 328 g/mol. The van der Waals surface area contributed by atoms with Crippen molar-refractivity contribution >= 4 is 22.2 Å². The third-order valence-corrected chi connectivity index (χ3v) is 6.12. The highest BCUT2D eigenvalue weighted by Gasteiger charge is 2.25. The number of carbonyl (C=O) groups excluding carboxylic acids is 1. The largest absolute Gasteiger partial charge is 0.323 e. The molecular formula is C19H24N2OS. The Bertz CT molecular complexity index is 693. The number of hydrogen-bond donors (Lipinski definition) is 2. The number of carbonyl (C=O) groups is 1. The van der Waals surface area contributed by atoms with Gasteiger partial charge in [0, 0.05) is 10.9 Å². The monoisotopic (exact) mass is 328 g/mol. The fraction of sp³-hybridized carbons (Fsp3) is 0.421. The molecule has 2 atom stereocenters. The SMILES string of the molecule is Cc1c(NC(=O)C(C)C(N)c2ccccc2)sc2c1CCCC2. The van der Waals surface area contributed by atoms with Gasteiger partial charge in [-0.1, -0.05) is 37.3 Å². The first kappa shape index (κ1) is 16.2. The van der Waals surface area contributed by atoms with Crippen molar-refractivity contribution in [3.05, 3.63) is 51.9 Å². The van der Waals surface area contributed by atoms with Gasteiger partial charge in [0.2, 0.25) is 5.91 Å². The molecule has 2 aromatic rings. The second-order valence-electron chi connectivity index (χ2n) is 6.38. The maximum Gasteiger partial charge on any atom is 0.229 e. The van der Waals surface area contributed by atoms with Crippen LogP contribution in [0.15, 0.2) is 30.3 Å². The molecule has 122 valence electrons. The Morgan fingerprint density at radius 3 is 2.61 bits per heavy atom. The van der Waals surface area contributed by atoms with Gasteiger partial charge in [-0.05, 0) is 49.3 Å². The zero-order valence-electron chi connectivity index (χ0n) is 13.8. The molecule has 23 heavy (non-hydrogen) atoms. The first-order chi connectivity index (χ1) is 11.1. The Morgan fingerprint density at radius 1 is 1.22 bits per heavy atom. The lowest BCUT2D eigenvalue weighted by atomic mass is 9.94. The minimum absolute atomic E-state index is 0.00282. The van der Waals surface area contributed by atoms with Crippen molar-refractivity contribution in [2.45, 2.75) is 45.6 Å². The second kappa shape index (κ2) is 6.85. The van der Waals surface area contributed by atoms with Crippen molar-refractivity contribution in [3.63, 3.8) is 0 Å². The van der Waals surface area contributed by atoms with E-state index < -0.39 is 0 Å². The molecule has 0 radical (unpaired) electrons. The molecule has 3 rings (SSSR count). The summed E-state index contributed by atoms with van der Waals surface area (Å²) in [7, 11) is 0. The van der Waals surface area contributed by atoms with Gasteiger partial charge >= 0.3 is 0 Å². The summed E-state index contributed by atoms with van der Waals surface area (Å²) in [5.41, 5.74) is 9.97. The van der Waals surface area contributed by atoms with Gasteiger partial charge in [-0.3, -0.25) is 4.79 Å². The molecule has 0 fully saturated rings. The van der Waals surface area contributed by atoms with Crippen LogP contribution in [-0.4, -0.2) is 5.91 Å². The number of hydrogen-bond acceptors (Lipinski definition) is 3. The molecule has 3 N–H and O–H groups in total. The van der Waals surface area contributed by atoms with Crippen LogP contribution >= 0.6 is 11.3 Å². The zero-order valence-corrected chi connectivity index (χ0v) is 14.6. The third-order valence-electron chi connectivity index (χ3n) is 4.81. The Kier molecular flexibility index (Phi) is 4.83. The summed E-state index contributed by atoms with van der Waals surface area (Å²) in [6, 6.07) is 9.54. The van der Waals surface area contributed by atoms with E-state index in [1.165, 1.54) is 28.8 Å². The Balaban J connectivity index is 1.73. The van der Waals surface area contributed by atoms with Crippen molar-refractivity contribution in [1.82, 2.24) is 0 Å². The van der Waals surface area contributed by atoms with Crippen molar-refractivity contribution in [3.8, 4) is 0 Å². The van der Waals surface area contributed by atoms with E-state index >= 15 is 0 Å². The van der Waals surface area contributed by atoms with Crippen molar-refractivity contribution in [2.75, 3.05) is 5.32 Å². The Labute approximate surface area is 141 Å². The lowest BCUT2D eigenvalue weighted by molar-refractivity contribution is -0.120. The maximum atomic E-state index is 12.6. The molecular weight excluding hydrogens is 304 g/mol. The van der Waals surface area contributed by atoms with Crippen LogP contribution in [0.2, 0.25) is 0 Å². The highest BCUT2D eigenvalue weighted by Crippen LogP contribution is 2.37. The van der Waals surface area contributed by atoms with E-state index in [9.17, 15) is 4.79 Å². The van der Waals surface area contributed by atoms with E-state index in [-0.39, 0.29) is 17.9 Å². The number of anilines is 1. The van der Waals surface area contributed by atoms with Crippen LogP contribution < -0.4 is 11.1 Å². The van der Waals surface area contributed by atoms with E-state index in [2.05, 4.69) is 12.2 Å². The molecule has 0 bridgehead atoms. The number of amides is 1. The van der Waals surface area contributed by atoms with E-state index in [0.29, 0.717) is 0 Å². The summed E-state index contributed by atoms with van der Waals surface area (Å²) in [5.74, 6) is -0.265. The van der Waals surface area contributed by atoms with Gasteiger partial charge in [0.25, 0.3) is 0 Å². The number of thiophene rings is 1. The molecule has 1 aromatic carbocycles. The third kappa shape index (κ3) is 3.33. The van der Waals surface area contributed by atoms with E-state index in [4.69, 9.17) is 5.73 Å². The predicted molar refractivity (Wildman–Crippen MR) is 96.9 cm³/mol. The van der Waals surface area contributed by atoms with Crippen LogP contribution in [0.1, 0.15) is 47.4 Å². The van der Waals surface area contributed by atoms with Gasteiger partial charge in [0.1, 0.15) is 0 Å². The number of fused-ring (bicyclic) bond motifs is 1. The molecule has 3 nitrogen and oxygen atoms in total.